The summed E-state index contributed by atoms with van der Waals surface area (Å²) in [5.74, 6) is 1.15. The fraction of sp³-hybridized carbons (Fsp3) is 0.450. The third kappa shape index (κ3) is 4.65. The largest absolute Gasteiger partial charge is 0.356 e. The molecule has 1 aliphatic heterocycles. The van der Waals surface area contributed by atoms with Crippen LogP contribution in [0.1, 0.15) is 24.8 Å². The van der Waals surface area contributed by atoms with E-state index in [9.17, 15) is 4.79 Å². The van der Waals surface area contributed by atoms with E-state index in [4.69, 9.17) is 11.6 Å². The summed E-state index contributed by atoms with van der Waals surface area (Å²) in [4.78, 5) is 20.8. The average molecular weight is 403 g/mol. The van der Waals surface area contributed by atoms with E-state index in [1.165, 1.54) is 5.56 Å². The van der Waals surface area contributed by atoms with Crippen LogP contribution in [-0.4, -0.2) is 59.8 Å². The number of carbonyl (C=O) groups excluding carboxylic acids is 1. The highest BCUT2D eigenvalue weighted by atomic mass is 35.5. The maximum Gasteiger partial charge on any atom is 0.246 e. The van der Waals surface area contributed by atoms with Gasteiger partial charge in [0.05, 0.1) is 11.9 Å². The Hall–Kier alpha value is -2.54. The summed E-state index contributed by atoms with van der Waals surface area (Å²) in [7, 11) is 3.60. The molecule has 8 heteroatoms. The lowest BCUT2D eigenvalue weighted by Crippen LogP contribution is -2.55. The van der Waals surface area contributed by atoms with Crippen LogP contribution in [0.2, 0.25) is 5.02 Å². The summed E-state index contributed by atoms with van der Waals surface area (Å²) in [5.41, 5.74) is 2.08. The summed E-state index contributed by atoms with van der Waals surface area (Å²) in [6.45, 7) is 4.55. The van der Waals surface area contributed by atoms with Crippen molar-refractivity contribution < 1.29 is 4.79 Å². The Balaban J connectivity index is 1.59. The number of benzene rings is 1. The normalized spacial score (nSPS) is 16.4. The standard InChI is InChI=1S/C20H27ClN6O/c1-4-15(16-5-7-17(21)8-6-16)11-23-20(22-2)26-9-10-27(19(28)14-26)18-12-24-25(3)13-18/h5-8,12-13,15H,4,9-11,14H2,1-3H3,(H,22,23). The van der Waals surface area contributed by atoms with Gasteiger partial charge in [-0.25, -0.2) is 0 Å². The number of hydrogen-bond donors (Lipinski definition) is 1. The first-order valence-electron chi connectivity index (χ1n) is 9.52. The summed E-state index contributed by atoms with van der Waals surface area (Å²) < 4.78 is 1.71. The molecular formula is C20H27ClN6O. The molecule has 1 aromatic heterocycles. The number of nitrogens with one attached hydrogen (secondary N) is 1. The third-order valence-electron chi connectivity index (χ3n) is 5.08. The van der Waals surface area contributed by atoms with Gasteiger partial charge < -0.3 is 15.1 Å². The Labute approximate surface area is 171 Å². The number of carbonyl (C=O) groups is 1. The maximum absolute atomic E-state index is 12.6. The monoisotopic (exact) mass is 402 g/mol. The summed E-state index contributed by atoms with van der Waals surface area (Å²) in [6.07, 6.45) is 4.58. The Morgan fingerprint density at radius 3 is 2.64 bits per heavy atom. The van der Waals surface area contributed by atoms with Crippen LogP contribution in [0.15, 0.2) is 41.7 Å². The highest BCUT2D eigenvalue weighted by molar-refractivity contribution is 6.30. The van der Waals surface area contributed by atoms with Gasteiger partial charge in [-0.15, -0.1) is 0 Å². The molecule has 1 unspecified atom stereocenters. The predicted octanol–water partition coefficient (Wildman–Crippen LogP) is 2.49. The summed E-state index contributed by atoms with van der Waals surface area (Å²) in [6, 6.07) is 7.98. The van der Waals surface area contributed by atoms with E-state index in [-0.39, 0.29) is 5.91 Å². The van der Waals surface area contributed by atoms with Gasteiger partial charge in [-0.3, -0.25) is 14.5 Å². The summed E-state index contributed by atoms with van der Waals surface area (Å²) in [5, 5.41) is 8.34. The first-order chi connectivity index (χ1) is 13.5. The molecule has 1 saturated heterocycles. The van der Waals surface area contributed by atoms with E-state index >= 15 is 0 Å². The number of aromatic nitrogens is 2. The van der Waals surface area contributed by atoms with Gasteiger partial charge in [-0.1, -0.05) is 30.7 Å². The van der Waals surface area contributed by atoms with Crippen LogP contribution in [-0.2, 0) is 11.8 Å². The molecule has 1 N–H and O–H groups in total. The van der Waals surface area contributed by atoms with E-state index in [0.717, 1.165) is 36.2 Å². The molecule has 1 aromatic carbocycles. The van der Waals surface area contributed by atoms with Gasteiger partial charge >= 0.3 is 0 Å². The highest BCUT2D eigenvalue weighted by Gasteiger charge is 2.27. The van der Waals surface area contributed by atoms with Crippen molar-refractivity contribution in [3.05, 3.63) is 47.2 Å². The molecule has 7 nitrogen and oxygen atoms in total. The Bertz CT molecular complexity index is 831. The Morgan fingerprint density at radius 1 is 1.32 bits per heavy atom. The first-order valence-corrected chi connectivity index (χ1v) is 9.89. The zero-order valence-corrected chi connectivity index (χ0v) is 17.4. The zero-order valence-electron chi connectivity index (χ0n) is 16.6. The topological polar surface area (TPSA) is 65.8 Å². The quantitative estimate of drug-likeness (QED) is 0.616. The minimum atomic E-state index is 0.0481. The number of nitrogens with zero attached hydrogens (tertiary/aromatic N) is 5. The average Bonchev–Trinajstić information content (AvgIpc) is 3.12. The summed E-state index contributed by atoms with van der Waals surface area (Å²) >= 11 is 6.00. The molecule has 2 heterocycles. The highest BCUT2D eigenvalue weighted by Crippen LogP contribution is 2.21. The predicted molar refractivity (Wildman–Crippen MR) is 113 cm³/mol. The molecule has 1 atom stereocenters. The van der Waals surface area contributed by atoms with Crippen LogP contribution in [0.25, 0.3) is 0 Å². The number of anilines is 1. The third-order valence-corrected chi connectivity index (χ3v) is 5.33. The van der Waals surface area contributed by atoms with Crippen molar-refractivity contribution in [2.75, 3.05) is 38.1 Å². The van der Waals surface area contributed by atoms with Crippen molar-refractivity contribution in [3.63, 3.8) is 0 Å². The molecule has 0 radical (unpaired) electrons. The molecule has 0 saturated carbocycles. The number of amides is 1. The van der Waals surface area contributed by atoms with Crippen molar-refractivity contribution in [1.29, 1.82) is 0 Å². The van der Waals surface area contributed by atoms with Crippen molar-refractivity contribution in [2.45, 2.75) is 19.3 Å². The SMILES string of the molecule is CCC(CNC(=NC)N1CCN(c2cnn(C)c2)C(=O)C1)c1ccc(Cl)cc1. The molecule has 1 aliphatic rings. The van der Waals surface area contributed by atoms with Gasteiger partial charge in [-0.2, -0.15) is 5.10 Å². The second-order valence-corrected chi connectivity index (χ2v) is 7.36. The van der Waals surface area contributed by atoms with E-state index < -0.39 is 0 Å². The van der Waals surface area contributed by atoms with Crippen LogP contribution in [0.3, 0.4) is 0 Å². The van der Waals surface area contributed by atoms with Gasteiger partial charge in [0.2, 0.25) is 5.91 Å². The number of piperazine rings is 1. The minimum absolute atomic E-state index is 0.0481. The lowest BCUT2D eigenvalue weighted by atomic mass is 9.96. The van der Waals surface area contributed by atoms with Crippen LogP contribution < -0.4 is 10.2 Å². The van der Waals surface area contributed by atoms with E-state index in [1.807, 2.05) is 30.3 Å². The molecule has 0 bridgehead atoms. The van der Waals surface area contributed by atoms with Crippen molar-refractivity contribution in [1.82, 2.24) is 20.0 Å². The molecule has 0 aliphatic carbocycles. The molecule has 3 rings (SSSR count). The fourth-order valence-electron chi connectivity index (χ4n) is 3.45. The molecule has 28 heavy (non-hydrogen) atoms. The van der Waals surface area contributed by atoms with Crippen molar-refractivity contribution >= 4 is 29.2 Å². The van der Waals surface area contributed by atoms with E-state index in [1.54, 1.807) is 22.8 Å². The molecular weight excluding hydrogens is 376 g/mol. The van der Waals surface area contributed by atoms with Gasteiger partial charge in [0.25, 0.3) is 0 Å². The smallest absolute Gasteiger partial charge is 0.246 e. The van der Waals surface area contributed by atoms with Gasteiger partial charge in [-0.05, 0) is 24.1 Å². The van der Waals surface area contributed by atoms with E-state index in [0.29, 0.717) is 19.0 Å². The van der Waals surface area contributed by atoms with E-state index in [2.05, 4.69) is 34.5 Å². The Kier molecular flexibility index (Phi) is 6.57. The fourth-order valence-corrected chi connectivity index (χ4v) is 3.58. The van der Waals surface area contributed by atoms with Crippen LogP contribution >= 0.6 is 11.6 Å². The van der Waals surface area contributed by atoms with Gasteiger partial charge in [0.1, 0.15) is 6.54 Å². The molecule has 1 fully saturated rings. The number of aliphatic imine (C=N–C) groups is 1. The van der Waals surface area contributed by atoms with Crippen LogP contribution in [0, 0.1) is 0 Å². The first kappa shape index (κ1) is 20.2. The lowest BCUT2D eigenvalue weighted by Gasteiger charge is -2.35. The van der Waals surface area contributed by atoms with Crippen molar-refractivity contribution in [2.24, 2.45) is 12.0 Å². The van der Waals surface area contributed by atoms with Gasteiger partial charge in [0, 0.05) is 50.9 Å². The van der Waals surface area contributed by atoms with Crippen LogP contribution in [0.4, 0.5) is 5.69 Å². The molecule has 0 spiro atoms. The molecule has 150 valence electrons. The number of halogens is 1. The number of aryl methyl sites for hydroxylation is 1. The maximum atomic E-state index is 12.6. The number of guanidine groups is 1. The lowest BCUT2D eigenvalue weighted by molar-refractivity contribution is -0.120. The van der Waals surface area contributed by atoms with Crippen molar-refractivity contribution in [3.8, 4) is 0 Å². The Morgan fingerprint density at radius 2 is 2.07 bits per heavy atom. The number of hydrogen-bond acceptors (Lipinski definition) is 3. The van der Waals surface area contributed by atoms with Crippen LogP contribution in [0.5, 0.6) is 0 Å². The van der Waals surface area contributed by atoms with Gasteiger partial charge in [0.15, 0.2) is 5.96 Å². The zero-order chi connectivity index (χ0) is 20.1. The minimum Gasteiger partial charge on any atom is -0.356 e. The molecule has 2 aromatic rings. The molecule has 1 amide bonds. The number of rotatable bonds is 5. The second-order valence-electron chi connectivity index (χ2n) is 6.92. The second kappa shape index (κ2) is 9.10.